The Morgan fingerprint density at radius 1 is 1.33 bits per heavy atom. The van der Waals surface area contributed by atoms with Crippen LogP contribution in [0.5, 0.6) is 0 Å². The van der Waals surface area contributed by atoms with Crippen molar-refractivity contribution in [3.05, 3.63) is 24.2 Å². The summed E-state index contributed by atoms with van der Waals surface area (Å²) in [5, 5.41) is 0. The van der Waals surface area contributed by atoms with Crippen LogP contribution in [0.15, 0.2) is 22.8 Å². The molecule has 1 aromatic rings. The summed E-state index contributed by atoms with van der Waals surface area (Å²) >= 11 is 0. The molecule has 1 aliphatic heterocycles. The highest BCUT2D eigenvalue weighted by Crippen LogP contribution is 2.10. The molecule has 1 aliphatic rings. The van der Waals surface area contributed by atoms with Gasteiger partial charge in [-0.2, -0.15) is 0 Å². The van der Waals surface area contributed by atoms with Crippen molar-refractivity contribution in [2.24, 2.45) is 0 Å². The molecule has 2 heterocycles. The standard InChI is InChI=1S/C9H11NO4S/c11-9(8-2-1-5-14-8)10-3-6-15(12,13)7-4-10/h1-2,5H,3-4,6-7H2. The Morgan fingerprint density at radius 3 is 2.53 bits per heavy atom. The van der Waals surface area contributed by atoms with Crippen molar-refractivity contribution >= 4 is 15.7 Å². The molecular weight excluding hydrogens is 218 g/mol. The summed E-state index contributed by atoms with van der Waals surface area (Å²) in [5.74, 6) is 0.100. The fourth-order valence-corrected chi connectivity index (χ4v) is 2.67. The van der Waals surface area contributed by atoms with Gasteiger partial charge in [0.1, 0.15) is 0 Å². The van der Waals surface area contributed by atoms with Crippen molar-refractivity contribution in [2.45, 2.75) is 0 Å². The van der Waals surface area contributed by atoms with Crippen LogP contribution in [0.4, 0.5) is 0 Å². The van der Waals surface area contributed by atoms with Crippen molar-refractivity contribution in [1.82, 2.24) is 4.90 Å². The van der Waals surface area contributed by atoms with Crippen LogP contribution in [0.1, 0.15) is 10.6 Å². The Morgan fingerprint density at radius 2 is 2.00 bits per heavy atom. The Balaban J connectivity index is 2.06. The maximum Gasteiger partial charge on any atom is 0.289 e. The number of sulfone groups is 1. The molecule has 1 fully saturated rings. The van der Waals surface area contributed by atoms with Crippen LogP contribution in [0.25, 0.3) is 0 Å². The van der Waals surface area contributed by atoms with E-state index in [1.165, 1.54) is 11.2 Å². The Kier molecular flexibility index (Phi) is 2.52. The lowest BCUT2D eigenvalue weighted by Crippen LogP contribution is -2.43. The molecule has 0 radical (unpaired) electrons. The number of amides is 1. The van der Waals surface area contributed by atoms with Gasteiger partial charge in [0.15, 0.2) is 15.6 Å². The summed E-state index contributed by atoms with van der Waals surface area (Å²) < 4.78 is 27.2. The fourth-order valence-electron chi connectivity index (χ4n) is 1.47. The number of carbonyl (C=O) groups excluding carboxylic acids is 1. The minimum Gasteiger partial charge on any atom is -0.459 e. The Hall–Kier alpha value is -1.30. The molecule has 0 saturated carbocycles. The maximum absolute atomic E-state index is 11.7. The van der Waals surface area contributed by atoms with Gasteiger partial charge in [0.05, 0.1) is 17.8 Å². The number of hydrogen-bond donors (Lipinski definition) is 0. The molecule has 82 valence electrons. The fraction of sp³-hybridized carbons (Fsp3) is 0.444. The molecule has 0 unspecified atom stereocenters. The Bertz CT molecular complexity index is 434. The summed E-state index contributed by atoms with van der Waals surface area (Å²) in [6.07, 6.45) is 1.42. The molecular formula is C9H11NO4S. The van der Waals surface area contributed by atoms with Gasteiger partial charge in [-0.3, -0.25) is 4.79 Å². The van der Waals surface area contributed by atoms with E-state index < -0.39 is 9.84 Å². The summed E-state index contributed by atoms with van der Waals surface area (Å²) in [7, 11) is -2.94. The zero-order valence-corrected chi connectivity index (χ0v) is 8.87. The highest BCUT2D eigenvalue weighted by atomic mass is 32.2. The van der Waals surface area contributed by atoms with Crippen LogP contribution in [-0.2, 0) is 9.84 Å². The van der Waals surface area contributed by atoms with Gasteiger partial charge in [-0.05, 0) is 12.1 Å². The highest BCUT2D eigenvalue weighted by molar-refractivity contribution is 7.91. The van der Waals surface area contributed by atoms with Crippen LogP contribution in [-0.4, -0.2) is 43.8 Å². The average Bonchev–Trinajstić information content (AvgIpc) is 2.69. The van der Waals surface area contributed by atoms with Crippen molar-refractivity contribution in [2.75, 3.05) is 24.6 Å². The molecule has 0 aromatic carbocycles. The minimum atomic E-state index is -2.94. The smallest absolute Gasteiger partial charge is 0.289 e. The van der Waals surface area contributed by atoms with Gasteiger partial charge in [0.2, 0.25) is 0 Å². The minimum absolute atomic E-state index is 0.0411. The van der Waals surface area contributed by atoms with Gasteiger partial charge in [-0.15, -0.1) is 0 Å². The summed E-state index contributed by atoms with van der Waals surface area (Å²) in [6.45, 7) is 0.504. The molecule has 5 nitrogen and oxygen atoms in total. The summed E-state index contributed by atoms with van der Waals surface area (Å²) in [4.78, 5) is 13.2. The van der Waals surface area contributed by atoms with Gasteiger partial charge in [0, 0.05) is 13.1 Å². The molecule has 0 aliphatic carbocycles. The number of carbonyl (C=O) groups is 1. The monoisotopic (exact) mass is 229 g/mol. The number of furan rings is 1. The van der Waals surface area contributed by atoms with E-state index in [0.717, 1.165) is 0 Å². The van der Waals surface area contributed by atoms with Crippen molar-refractivity contribution in [3.63, 3.8) is 0 Å². The summed E-state index contributed by atoms with van der Waals surface area (Å²) in [6, 6.07) is 3.21. The zero-order valence-electron chi connectivity index (χ0n) is 8.05. The zero-order chi connectivity index (χ0) is 10.9. The topological polar surface area (TPSA) is 67.6 Å². The van der Waals surface area contributed by atoms with E-state index in [-0.39, 0.29) is 36.3 Å². The van der Waals surface area contributed by atoms with Gasteiger partial charge in [-0.1, -0.05) is 0 Å². The first-order valence-corrected chi connectivity index (χ1v) is 6.44. The maximum atomic E-state index is 11.7. The third-order valence-corrected chi connectivity index (χ3v) is 3.97. The second-order valence-corrected chi connectivity index (χ2v) is 5.72. The van der Waals surface area contributed by atoms with Crippen LogP contribution < -0.4 is 0 Å². The van der Waals surface area contributed by atoms with Gasteiger partial charge < -0.3 is 9.32 Å². The lowest BCUT2D eigenvalue weighted by atomic mass is 10.3. The van der Waals surface area contributed by atoms with Crippen molar-refractivity contribution in [3.8, 4) is 0 Å². The third-order valence-electron chi connectivity index (χ3n) is 2.36. The second kappa shape index (κ2) is 3.69. The van der Waals surface area contributed by atoms with Gasteiger partial charge in [-0.25, -0.2) is 8.42 Å². The Labute approximate surface area is 87.6 Å². The van der Waals surface area contributed by atoms with E-state index in [1.807, 2.05) is 0 Å². The molecule has 15 heavy (non-hydrogen) atoms. The first kappa shape index (κ1) is 10.2. The lowest BCUT2D eigenvalue weighted by Gasteiger charge is -2.25. The SMILES string of the molecule is O=C(c1ccco1)N1CCS(=O)(=O)CC1. The van der Waals surface area contributed by atoms with Crippen LogP contribution in [0.3, 0.4) is 0 Å². The molecule has 0 bridgehead atoms. The predicted octanol–water partition coefficient (Wildman–Crippen LogP) is 0.150. The first-order valence-electron chi connectivity index (χ1n) is 4.62. The summed E-state index contributed by atoms with van der Waals surface area (Å²) in [5.41, 5.74) is 0. The van der Waals surface area contributed by atoms with E-state index in [0.29, 0.717) is 0 Å². The largest absolute Gasteiger partial charge is 0.459 e. The van der Waals surface area contributed by atoms with Crippen LogP contribution in [0.2, 0.25) is 0 Å². The molecule has 6 heteroatoms. The molecule has 0 N–H and O–H groups in total. The molecule has 1 aromatic heterocycles. The molecule has 1 amide bonds. The van der Waals surface area contributed by atoms with Crippen molar-refractivity contribution < 1.29 is 17.6 Å². The number of rotatable bonds is 1. The number of nitrogens with zero attached hydrogens (tertiary/aromatic N) is 1. The molecule has 2 rings (SSSR count). The van der Waals surface area contributed by atoms with Gasteiger partial charge in [0.25, 0.3) is 5.91 Å². The van der Waals surface area contributed by atoms with Crippen LogP contribution in [0, 0.1) is 0 Å². The predicted molar refractivity (Wildman–Crippen MR) is 53.3 cm³/mol. The third kappa shape index (κ3) is 2.20. The highest BCUT2D eigenvalue weighted by Gasteiger charge is 2.26. The first-order chi connectivity index (χ1) is 7.08. The second-order valence-electron chi connectivity index (χ2n) is 3.42. The van der Waals surface area contributed by atoms with Gasteiger partial charge >= 0.3 is 0 Å². The van der Waals surface area contributed by atoms with E-state index in [9.17, 15) is 13.2 Å². The quantitative estimate of drug-likeness (QED) is 0.687. The molecule has 0 spiro atoms. The lowest BCUT2D eigenvalue weighted by molar-refractivity contribution is 0.0738. The van der Waals surface area contributed by atoms with E-state index in [2.05, 4.69) is 0 Å². The molecule has 1 saturated heterocycles. The van der Waals surface area contributed by atoms with Crippen molar-refractivity contribution in [1.29, 1.82) is 0 Å². The number of hydrogen-bond acceptors (Lipinski definition) is 4. The van der Waals surface area contributed by atoms with E-state index in [4.69, 9.17) is 4.42 Å². The van der Waals surface area contributed by atoms with E-state index >= 15 is 0 Å². The van der Waals surface area contributed by atoms with E-state index in [1.54, 1.807) is 12.1 Å². The molecule has 0 atom stereocenters. The van der Waals surface area contributed by atoms with Crippen LogP contribution >= 0.6 is 0 Å². The normalized spacial score (nSPS) is 20.1. The average molecular weight is 229 g/mol.